The van der Waals surface area contributed by atoms with Gasteiger partial charge in [-0.1, -0.05) is 15.9 Å². The van der Waals surface area contributed by atoms with Crippen molar-refractivity contribution < 1.29 is 19.0 Å². The molecule has 5 nitrogen and oxygen atoms in total. The van der Waals surface area contributed by atoms with E-state index < -0.39 is 0 Å². The molecular weight excluding hydrogens is 338 g/mol. The normalized spacial score (nSPS) is 15.2. The van der Waals surface area contributed by atoms with Crippen LogP contribution < -0.4 is 15.2 Å². The highest BCUT2D eigenvalue weighted by atomic mass is 79.9. The highest BCUT2D eigenvalue weighted by Crippen LogP contribution is 2.38. The zero-order valence-corrected chi connectivity index (χ0v) is 13.6. The molecule has 1 heterocycles. The predicted octanol–water partition coefficient (Wildman–Crippen LogP) is 2.95. The van der Waals surface area contributed by atoms with Gasteiger partial charge in [0.05, 0.1) is 20.3 Å². The number of hydrogen-bond donors (Lipinski definition) is 1. The first-order valence-electron chi connectivity index (χ1n) is 7.03. The fraction of sp³-hybridized carbons (Fsp3) is 0.533. The van der Waals surface area contributed by atoms with Crippen molar-refractivity contribution in [2.24, 2.45) is 5.73 Å². The maximum absolute atomic E-state index is 11.1. The molecule has 0 bridgehead atoms. The Morgan fingerprint density at radius 2 is 2.05 bits per heavy atom. The van der Waals surface area contributed by atoms with Gasteiger partial charge in [-0.2, -0.15) is 0 Å². The lowest BCUT2D eigenvalue weighted by Gasteiger charge is -2.16. The van der Waals surface area contributed by atoms with Gasteiger partial charge in [0, 0.05) is 23.4 Å². The standard InChI is InChI=1S/C15H20BrNO4/c1-19-15(18)5-2-4-12(17)10-8-13-14(9-11(10)16)21-7-3-6-20-13/h8-9,12H,2-7,17H2,1H3. The summed E-state index contributed by atoms with van der Waals surface area (Å²) in [6.45, 7) is 1.30. The second kappa shape index (κ2) is 7.66. The summed E-state index contributed by atoms with van der Waals surface area (Å²) in [5, 5.41) is 0. The van der Waals surface area contributed by atoms with Crippen molar-refractivity contribution in [2.75, 3.05) is 20.3 Å². The molecule has 2 N–H and O–H groups in total. The molecule has 0 amide bonds. The Morgan fingerprint density at radius 1 is 1.38 bits per heavy atom. The van der Waals surface area contributed by atoms with Crippen LogP contribution in [0.5, 0.6) is 11.5 Å². The van der Waals surface area contributed by atoms with Gasteiger partial charge in [0.25, 0.3) is 0 Å². The summed E-state index contributed by atoms with van der Waals surface area (Å²) in [6, 6.07) is 3.66. The molecule has 1 aliphatic rings. The van der Waals surface area contributed by atoms with Gasteiger partial charge in [-0.15, -0.1) is 0 Å². The molecule has 0 saturated heterocycles. The van der Waals surface area contributed by atoms with Crippen LogP contribution in [0.4, 0.5) is 0 Å². The molecule has 21 heavy (non-hydrogen) atoms. The zero-order valence-electron chi connectivity index (χ0n) is 12.1. The topological polar surface area (TPSA) is 70.8 Å². The second-order valence-corrected chi connectivity index (χ2v) is 5.80. The molecule has 1 aromatic carbocycles. The van der Waals surface area contributed by atoms with Crippen molar-refractivity contribution in [1.82, 2.24) is 0 Å². The number of rotatable bonds is 5. The summed E-state index contributed by atoms with van der Waals surface area (Å²) in [4.78, 5) is 11.1. The van der Waals surface area contributed by atoms with E-state index in [2.05, 4.69) is 20.7 Å². The number of carbonyl (C=O) groups is 1. The van der Waals surface area contributed by atoms with Crippen LogP contribution >= 0.6 is 15.9 Å². The maximum atomic E-state index is 11.1. The molecule has 116 valence electrons. The van der Waals surface area contributed by atoms with Gasteiger partial charge in [0.15, 0.2) is 11.5 Å². The quantitative estimate of drug-likeness (QED) is 0.820. The Kier molecular flexibility index (Phi) is 5.87. The van der Waals surface area contributed by atoms with Crippen LogP contribution in [0.15, 0.2) is 16.6 Å². The number of ether oxygens (including phenoxy) is 3. The van der Waals surface area contributed by atoms with Crippen LogP contribution in [0.25, 0.3) is 0 Å². The summed E-state index contributed by atoms with van der Waals surface area (Å²) in [6.07, 6.45) is 2.64. The van der Waals surface area contributed by atoms with E-state index >= 15 is 0 Å². The molecule has 0 radical (unpaired) electrons. The van der Waals surface area contributed by atoms with Gasteiger partial charge < -0.3 is 19.9 Å². The van der Waals surface area contributed by atoms with Crippen molar-refractivity contribution in [1.29, 1.82) is 0 Å². The summed E-state index contributed by atoms with van der Waals surface area (Å²) in [5.41, 5.74) is 7.18. The van der Waals surface area contributed by atoms with Gasteiger partial charge in [-0.25, -0.2) is 0 Å². The van der Waals surface area contributed by atoms with E-state index in [1.807, 2.05) is 12.1 Å². The molecule has 2 rings (SSSR count). The van der Waals surface area contributed by atoms with Gasteiger partial charge in [-0.3, -0.25) is 4.79 Å². The average molecular weight is 358 g/mol. The van der Waals surface area contributed by atoms with Crippen molar-refractivity contribution in [2.45, 2.75) is 31.7 Å². The van der Waals surface area contributed by atoms with Crippen molar-refractivity contribution in [3.63, 3.8) is 0 Å². The molecule has 1 atom stereocenters. The molecule has 0 saturated carbocycles. The Morgan fingerprint density at radius 3 is 2.71 bits per heavy atom. The SMILES string of the molecule is COC(=O)CCCC(N)c1cc2c(cc1Br)OCCCO2. The van der Waals surface area contributed by atoms with Crippen molar-refractivity contribution >= 4 is 21.9 Å². The van der Waals surface area contributed by atoms with E-state index in [1.54, 1.807) is 0 Å². The van der Waals surface area contributed by atoms with Crippen LogP contribution in [-0.4, -0.2) is 26.3 Å². The second-order valence-electron chi connectivity index (χ2n) is 4.95. The Bertz CT molecular complexity index is 507. The number of fused-ring (bicyclic) bond motifs is 1. The lowest BCUT2D eigenvalue weighted by atomic mass is 10.0. The van der Waals surface area contributed by atoms with Crippen LogP contribution in [0.2, 0.25) is 0 Å². The number of nitrogens with two attached hydrogens (primary N) is 1. The summed E-state index contributed by atoms with van der Waals surface area (Å²) >= 11 is 3.53. The minimum absolute atomic E-state index is 0.166. The Balaban J connectivity index is 2.04. The maximum Gasteiger partial charge on any atom is 0.305 e. The lowest BCUT2D eigenvalue weighted by molar-refractivity contribution is -0.140. The first-order chi connectivity index (χ1) is 10.1. The predicted molar refractivity (Wildman–Crippen MR) is 82.5 cm³/mol. The van der Waals surface area contributed by atoms with Gasteiger partial charge in [-0.05, 0) is 30.5 Å². The van der Waals surface area contributed by atoms with Crippen LogP contribution in [0.3, 0.4) is 0 Å². The Hall–Kier alpha value is -1.27. The third-order valence-electron chi connectivity index (χ3n) is 3.39. The summed E-state index contributed by atoms with van der Waals surface area (Å²) in [5.74, 6) is 1.26. The molecular formula is C15H20BrNO4. The van der Waals surface area contributed by atoms with Crippen molar-refractivity contribution in [3.05, 3.63) is 22.2 Å². The number of halogens is 1. The number of esters is 1. The monoisotopic (exact) mass is 357 g/mol. The number of methoxy groups -OCH3 is 1. The molecule has 0 aromatic heterocycles. The fourth-order valence-corrected chi connectivity index (χ4v) is 2.82. The van der Waals surface area contributed by atoms with E-state index in [4.69, 9.17) is 15.2 Å². The van der Waals surface area contributed by atoms with Gasteiger partial charge in [0.2, 0.25) is 0 Å². The minimum atomic E-state index is -0.208. The van der Waals surface area contributed by atoms with E-state index in [1.165, 1.54) is 7.11 Å². The smallest absolute Gasteiger partial charge is 0.305 e. The third-order valence-corrected chi connectivity index (χ3v) is 4.08. The van der Waals surface area contributed by atoms with E-state index in [0.717, 1.165) is 28.0 Å². The van der Waals surface area contributed by atoms with Crippen LogP contribution in [0.1, 0.15) is 37.3 Å². The molecule has 1 aromatic rings. The highest BCUT2D eigenvalue weighted by Gasteiger charge is 2.17. The van der Waals surface area contributed by atoms with E-state index in [9.17, 15) is 4.79 Å². The number of hydrogen-bond acceptors (Lipinski definition) is 5. The largest absolute Gasteiger partial charge is 0.490 e. The van der Waals surface area contributed by atoms with Gasteiger partial charge >= 0.3 is 5.97 Å². The number of carbonyl (C=O) groups excluding carboxylic acids is 1. The molecule has 0 fully saturated rings. The molecule has 0 spiro atoms. The molecule has 0 aliphatic carbocycles. The Labute approximate surface area is 132 Å². The summed E-state index contributed by atoms with van der Waals surface area (Å²) in [7, 11) is 1.39. The minimum Gasteiger partial charge on any atom is -0.490 e. The molecule has 6 heteroatoms. The highest BCUT2D eigenvalue weighted by molar-refractivity contribution is 9.10. The van der Waals surface area contributed by atoms with Crippen LogP contribution in [-0.2, 0) is 9.53 Å². The van der Waals surface area contributed by atoms with E-state index in [0.29, 0.717) is 32.5 Å². The van der Waals surface area contributed by atoms with Crippen molar-refractivity contribution in [3.8, 4) is 11.5 Å². The van der Waals surface area contributed by atoms with Gasteiger partial charge in [0.1, 0.15) is 0 Å². The number of benzene rings is 1. The van der Waals surface area contributed by atoms with E-state index in [-0.39, 0.29) is 12.0 Å². The molecule has 1 unspecified atom stereocenters. The van der Waals surface area contributed by atoms with Crippen LogP contribution in [0, 0.1) is 0 Å². The summed E-state index contributed by atoms with van der Waals surface area (Å²) < 4.78 is 16.8. The fourth-order valence-electron chi connectivity index (χ4n) is 2.21. The lowest BCUT2D eigenvalue weighted by Crippen LogP contribution is -2.12. The first-order valence-corrected chi connectivity index (χ1v) is 7.82. The molecule has 1 aliphatic heterocycles. The first kappa shape index (κ1) is 16.1. The third kappa shape index (κ3) is 4.35. The zero-order chi connectivity index (χ0) is 15.2. The average Bonchev–Trinajstić information content (AvgIpc) is 2.70.